The Morgan fingerprint density at radius 2 is 1.85 bits per heavy atom. The Kier molecular flexibility index (Phi) is 4.10. The van der Waals surface area contributed by atoms with Gasteiger partial charge in [0.25, 0.3) is 5.69 Å². The Balaban J connectivity index is 2.32. The molecule has 0 radical (unpaired) electrons. The molecule has 0 heterocycles. The molecule has 0 aliphatic carbocycles. The first-order chi connectivity index (χ1) is 9.61. The predicted octanol–water partition coefficient (Wildman–Crippen LogP) is 3.32. The zero-order chi connectivity index (χ0) is 14.5. The summed E-state index contributed by atoms with van der Waals surface area (Å²) in [6.45, 7) is 1.96. The molecule has 0 aromatic heterocycles. The number of aryl methyl sites for hydroxylation is 1. The monoisotopic (exact) mass is 270 g/mol. The molecular weight excluding hydrogens is 256 g/mol. The lowest BCUT2D eigenvalue weighted by Gasteiger charge is -2.06. The Bertz CT molecular complexity index is 648. The number of hydrogen-bond acceptors (Lipinski definition) is 4. The van der Waals surface area contributed by atoms with E-state index in [2.05, 4.69) is 5.16 Å². The molecule has 0 aliphatic rings. The number of oxime groups is 1. The molecule has 0 amide bonds. The van der Waals surface area contributed by atoms with Crippen molar-refractivity contribution in [1.82, 2.24) is 0 Å². The number of hydrogen-bond donors (Lipinski definition) is 1. The van der Waals surface area contributed by atoms with E-state index in [1.807, 2.05) is 31.2 Å². The van der Waals surface area contributed by atoms with Crippen LogP contribution in [0.3, 0.4) is 0 Å². The normalized spacial score (nSPS) is 11.3. The average Bonchev–Trinajstić information content (AvgIpc) is 2.46. The Labute approximate surface area is 116 Å². The molecule has 0 bridgehead atoms. The number of nitro groups is 1. The van der Waals surface area contributed by atoms with Crippen LogP contribution in [0.25, 0.3) is 0 Å². The molecule has 0 saturated heterocycles. The predicted molar refractivity (Wildman–Crippen MR) is 76.3 cm³/mol. The minimum absolute atomic E-state index is 0.0285. The minimum atomic E-state index is -0.431. The van der Waals surface area contributed by atoms with Crippen LogP contribution in [0.4, 0.5) is 5.69 Å². The summed E-state index contributed by atoms with van der Waals surface area (Å²) in [5, 5.41) is 23.4. The van der Waals surface area contributed by atoms with Crippen LogP contribution in [0.5, 0.6) is 0 Å². The molecule has 0 fully saturated rings. The van der Waals surface area contributed by atoms with Gasteiger partial charge in [-0.05, 0) is 12.5 Å². The first kappa shape index (κ1) is 13.7. The van der Waals surface area contributed by atoms with Gasteiger partial charge in [0, 0.05) is 18.1 Å². The zero-order valence-electron chi connectivity index (χ0n) is 11.0. The van der Waals surface area contributed by atoms with Crippen LogP contribution >= 0.6 is 0 Å². The van der Waals surface area contributed by atoms with Gasteiger partial charge in [-0.1, -0.05) is 53.2 Å². The van der Waals surface area contributed by atoms with E-state index in [1.54, 1.807) is 18.2 Å². The van der Waals surface area contributed by atoms with Gasteiger partial charge < -0.3 is 5.21 Å². The lowest BCUT2D eigenvalue weighted by molar-refractivity contribution is -0.385. The first-order valence-electron chi connectivity index (χ1n) is 6.12. The zero-order valence-corrected chi connectivity index (χ0v) is 11.0. The van der Waals surface area contributed by atoms with E-state index in [0.29, 0.717) is 11.3 Å². The van der Waals surface area contributed by atoms with Gasteiger partial charge in [-0.3, -0.25) is 10.1 Å². The van der Waals surface area contributed by atoms with Crippen LogP contribution < -0.4 is 0 Å². The summed E-state index contributed by atoms with van der Waals surface area (Å²) in [7, 11) is 0. The number of rotatable bonds is 4. The molecule has 0 aliphatic heterocycles. The fourth-order valence-corrected chi connectivity index (χ4v) is 1.96. The van der Waals surface area contributed by atoms with Gasteiger partial charge in [-0.25, -0.2) is 0 Å². The van der Waals surface area contributed by atoms with Crippen LogP contribution in [0, 0.1) is 17.0 Å². The summed E-state index contributed by atoms with van der Waals surface area (Å²) < 4.78 is 0. The van der Waals surface area contributed by atoms with Crippen molar-refractivity contribution in [2.24, 2.45) is 5.16 Å². The fraction of sp³-hybridized carbons (Fsp3) is 0.133. The minimum Gasteiger partial charge on any atom is -0.411 e. The highest BCUT2D eigenvalue weighted by atomic mass is 16.6. The summed E-state index contributed by atoms with van der Waals surface area (Å²) >= 11 is 0. The summed E-state index contributed by atoms with van der Waals surface area (Å²) in [6, 6.07) is 13.9. The second-order valence-electron chi connectivity index (χ2n) is 4.48. The van der Waals surface area contributed by atoms with E-state index in [-0.39, 0.29) is 12.1 Å². The van der Waals surface area contributed by atoms with E-state index in [1.165, 1.54) is 6.07 Å². The van der Waals surface area contributed by atoms with Crippen molar-refractivity contribution in [3.63, 3.8) is 0 Å². The first-order valence-corrected chi connectivity index (χ1v) is 6.12. The summed E-state index contributed by atoms with van der Waals surface area (Å²) in [5.41, 5.74) is 2.79. The van der Waals surface area contributed by atoms with Gasteiger partial charge in [-0.2, -0.15) is 0 Å². The standard InChI is InChI=1S/C15H14N2O3/c1-11-6-8-12(9-7-11)14(16-18)10-13-4-2-3-5-15(13)17(19)20/h2-9,18H,10H2,1H3/b16-14+. The number of benzene rings is 2. The molecule has 102 valence electrons. The van der Waals surface area contributed by atoms with Gasteiger partial charge in [0.1, 0.15) is 0 Å². The summed E-state index contributed by atoms with van der Waals surface area (Å²) in [5.74, 6) is 0. The van der Waals surface area contributed by atoms with E-state index in [9.17, 15) is 10.1 Å². The van der Waals surface area contributed by atoms with E-state index < -0.39 is 4.92 Å². The largest absolute Gasteiger partial charge is 0.411 e. The molecule has 0 spiro atoms. The van der Waals surface area contributed by atoms with Crippen molar-refractivity contribution >= 4 is 11.4 Å². The Morgan fingerprint density at radius 1 is 1.20 bits per heavy atom. The molecule has 0 atom stereocenters. The molecule has 2 aromatic rings. The van der Waals surface area contributed by atoms with Crippen LogP contribution in [-0.2, 0) is 6.42 Å². The highest BCUT2D eigenvalue weighted by Crippen LogP contribution is 2.20. The number of nitrogens with zero attached hydrogens (tertiary/aromatic N) is 2. The van der Waals surface area contributed by atoms with Crippen LogP contribution in [0.2, 0.25) is 0 Å². The van der Waals surface area contributed by atoms with Crippen molar-refractivity contribution in [3.05, 3.63) is 75.3 Å². The summed E-state index contributed by atoms with van der Waals surface area (Å²) in [6.07, 6.45) is 0.205. The molecule has 1 N–H and O–H groups in total. The Morgan fingerprint density at radius 3 is 2.45 bits per heavy atom. The van der Waals surface area contributed by atoms with Gasteiger partial charge in [0.2, 0.25) is 0 Å². The lowest BCUT2D eigenvalue weighted by Crippen LogP contribution is -2.07. The van der Waals surface area contributed by atoms with E-state index in [4.69, 9.17) is 5.21 Å². The fourth-order valence-electron chi connectivity index (χ4n) is 1.96. The van der Waals surface area contributed by atoms with Crippen molar-refractivity contribution in [2.75, 3.05) is 0 Å². The van der Waals surface area contributed by atoms with Crippen LogP contribution in [0.1, 0.15) is 16.7 Å². The highest BCUT2D eigenvalue weighted by Gasteiger charge is 2.15. The smallest absolute Gasteiger partial charge is 0.272 e. The Hall–Kier alpha value is -2.69. The van der Waals surface area contributed by atoms with Crippen molar-refractivity contribution < 1.29 is 10.1 Å². The molecule has 2 rings (SSSR count). The molecule has 20 heavy (non-hydrogen) atoms. The maximum Gasteiger partial charge on any atom is 0.272 e. The maximum absolute atomic E-state index is 11.0. The molecule has 5 heteroatoms. The molecule has 5 nitrogen and oxygen atoms in total. The second kappa shape index (κ2) is 5.97. The maximum atomic E-state index is 11.0. The highest BCUT2D eigenvalue weighted by molar-refractivity contribution is 6.01. The summed E-state index contributed by atoms with van der Waals surface area (Å²) in [4.78, 5) is 10.5. The van der Waals surface area contributed by atoms with Crippen LogP contribution in [0.15, 0.2) is 53.7 Å². The third-order valence-electron chi connectivity index (χ3n) is 3.05. The van der Waals surface area contributed by atoms with Crippen LogP contribution in [-0.4, -0.2) is 15.8 Å². The van der Waals surface area contributed by atoms with E-state index in [0.717, 1.165) is 11.1 Å². The lowest BCUT2D eigenvalue weighted by atomic mass is 10.0. The second-order valence-corrected chi connectivity index (χ2v) is 4.48. The van der Waals surface area contributed by atoms with Crippen molar-refractivity contribution in [2.45, 2.75) is 13.3 Å². The topological polar surface area (TPSA) is 75.7 Å². The molecule has 0 unspecified atom stereocenters. The van der Waals surface area contributed by atoms with Crippen molar-refractivity contribution in [1.29, 1.82) is 0 Å². The SMILES string of the molecule is Cc1ccc(/C(Cc2ccccc2[N+](=O)[O-])=N/O)cc1. The van der Waals surface area contributed by atoms with Gasteiger partial charge in [0.05, 0.1) is 10.6 Å². The van der Waals surface area contributed by atoms with Gasteiger partial charge >= 0.3 is 0 Å². The third kappa shape index (κ3) is 3.00. The molecular formula is C15H14N2O3. The molecule has 0 saturated carbocycles. The average molecular weight is 270 g/mol. The third-order valence-corrected chi connectivity index (χ3v) is 3.05. The number of para-hydroxylation sites is 1. The van der Waals surface area contributed by atoms with Gasteiger partial charge in [0.15, 0.2) is 0 Å². The van der Waals surface area contributed by atoms with Gasteiger partial charge in [-0.15, -0.1) is 0 Å². The molecule has 2 aromatic carbocycles. The van der Waals surface area contributed by atoms with Crippen molar-refractivity contribution in [3.8, 4) is 0 Å². The number of nitro benzene ring substituents is 1. The van der Waals surface area contributed by atoms with E-state index >= 15 is 0 Å². The quantitative estimate of drug-likeness (QED) is 0.400.